The van der Waals surface area contributed by atoms with Gasteiger partial charge < -0.3 is 5.73 Å². The van der Waals surface area contributed by atoms with Gasteiger partial charge in [-0.3, -0.25) is 4.90 Å². The Morgan fingerprint density at radius 2 is 1.62 bits per heavy atom. The maximum absolute atomic E-state index is 6.51. The van der Waals surface area contributed by atoms with Crippen molar-refractivity contribution in [1.29, 1.82) is 0 Å². The maximum atomic E-state index is 6.51. The highest BCUT2D eigenvalue weighted by atomic mass is 15.2. The van der Waals surface area contributed by atoms with Crippen LogP contribution in [-0.4, -0.2) is 29.6 Å². The lowest BCUT2D eigenvalue weighted by atomic mass is 9.48. The first-order chi connectivity index (χ1) is 10.2. The molecule has 0 aromatic rings. The number of hydrogen-bond donors (Lipinski definition) is 1. The van der Waals surface area contributed by atoms with Crippen molar-refractivity contribution < 1.29 is 0 Å². The molecule has 4 aliphatic carbocycles. The van der Waals surface area contributed by atoms with E-state index in [0.717, 1.165) is 30.2 Å². The van der Waals surface area contributed by atoms with Crippen molar-refractivity contribution in [2.45, 2.75) is 83.7 Å². The first-order valence-electron chi connectivity index (χ1n) is 9.62. The summed E-state index contributed by atoms with van der Waals surface area (Å²) in [5, 5.41) is 0. The molecule has 2 N–H and O–H groups in total. The molecule has 2 heteroatoms. The van der Waals surface area contributed by atoms with Crippen LogP contribution in [0.5, 0.6) is 0 Å². The smallest absolute Gasteiger partial charge is 0.0391 e. The van der Waals surface area contributed by atoms with Crippen molar-refractivity contribution >= 4 is 0 Å². The third-order valence-corrected chi connectivity index (χ3v) is 7.29. The van der Waals surface area contributed by atoms with Crippen LogP contribution in [0.25, 0.3) is 0 Å². The van der Waals surface area contributed by atoms with E-state index in [1.54, 1.807) is 0 Å². The predicted octanol–water partition coefficient (Wildman–Crippen LogP) is 4.04. The molecule has 1 unspecified atom stereocenters. The van der Waals surface area contributed by atoms with Gasteiger partial charge in [-0.25, -0.2) is 0 Å². The van der Waals surface area contributed by atoms with Gasteiger partial charge in [-0.05, 0) is 82.1 Å². The normalized spacial score (nSPS) is 42.7. The average molecular weight is 293 g/mol. The number of nitrogens with zero attached hydrogens (tertiary/aromatic N) is 1. The lowest BCUT2D eigenvalue weighted by Gasteiger charge is -2.65. The van der Waals surface area contributed by atoms with Crippen LogP contribution in [-0.2, 0) is 0 Å². The molecule has 0 aromatic heterocycles. The summed E-state index contributed by atoms with van der Waals surface area (Å²) in [6, 6.07) is 0.692. The molecule has 0 heterocycles. The first-order valence-corrected chi connectivity index (χ1v) is 9.62. The van der Waals surface area contributed by atoms with E-state index in [1.165, 1.54) is 57.9 Å². The van der Waals surface area contributed by atoms with E-state index in [9.17, 15) is 0 Å². The van der Waals surface area contributed by atoms with Gasteiger partial charge in [-0.15, -0.1) is 0 Å². The summed E-state index contributed by atoms with van der Waals surface area (Å²) in [5.74, 6) is 3.86. The third kappa shape index (κ3) is 2.47. The molecule has 4 fully saturated rings. The van der Waals surface area contributed by atoms with Gasteiger partial charge in [0.05, 0.1) is 0 Å². The highest BCUT2D eigenvalue weighted by molar-refractivity contribution is 5.13. The molecule has 4 rings (SSSR count). The SMILES string of the molecule is CCCCN(C(C)CC)C1(CN)C2CC3CC(C2)CC1C3. The molecule has 4 bridgehead atoms. The highest BCUT2D eigenvalue weighted by Crippen LogP contribution is 2.60. The van der Waals surface area contributed by atoms with Crippen LogP contribution in [0, 0.1) is 23.7 Å². The quantitative estimate of drug-likeness (QED) is 0.767. The molecule has 21 heavy (non-hydrogen) atoms. The van der Waals surface area contributed by atoms with E-state index in [4.69, 9.17) is 5.73 Å². The van der Waals surface area contributed by atoms with Crippen LogP contribution < -0.4 is 5.73 Å². The Hall–Kier alpha value is -0.0800. The highest BCUT2D eigenvalue weighted by Gasteiger charge is 2.59. The fraction of sp³-hybridized carbons (Fsp3) is 1.00. The van der Waals surface area contributed by atoms with Crippen molar-refractivity contribution in [2.24, 2.45) is 29.4 Å². The molecule has 4 saturated carbocycles. The number of hydrogen-bond acceptors (Lipinski definition) is 2. The molecule has 0 saturated heterocycles. The Balaban J connectivity index is 1.89. The van der Waals surface area contributed by atoms with E-state index in [2.05, 4.69) is 25.7 Å². The van der Waals surface area contributed by atoms with E-state index >= 15 is 0 Å². The zero-order valence-corrected chi connectivity index (χ0v) is 14.5. The van der Waals surface area contributed by atoms with Crippen molar-refractivity contribution in [3.05, 3.63) is 0 Å². The Kier molecular flexibility index (Phi) is 4.66. The third-order valence-electron chi connectivity index (χ3n) is 7.29. The lowest BCUT2D eigenvalue weighted by molar-refractivity contribution is -0.143. The van der Waals surface area contributed by atoms with Crippen LogP contribution in [0.2, 0.25) is 0 Å². The van der Waals surface area contributed by atoms with Gasteiger partial charge in [0, 0.05) is 18.1 Å². The molecule has 2 nitrogen and oxygen atoms in total. The first kappa shape index (κ1) is 15.8. The topological polar surface area (TPSA) is 29.3 Å². The molecule has 0 spiro atoms. The molecule has 1 atom stereocenters. The minimum atomic E-state index is 0.345. The molecule has 4 aliphatic rings. The Morgan fingerprint density at radius 1 is 1.05 bits per heavy atom. The number of unbranched alkanes of at least 4 members (excludes halogenated alkanes) is 1. The summed E-state index contributed by atoms with van der Waals surface area (Å²) in [4.78, 5) is 2.89. The Morgan fingerprint density at radius 3 is 2.05 bits per heavy atom. The summed E-state index contributed by atoms with van der Waals surface area (Å²) in [6.45, 7) is 9.28. The van der Waals surface area contributed by atoms with Crippen molar-refractivity contribution in [2.75, 3.05) is 13.1 Å². The molecule has 0 radical (unpaired) electrons. The monoisotopic (exact) mass is 292 g/mol. The number of rotatable bonds is 7. The van der Waals surface area contributed by atoms with Crippen molar-refractivity contribution in [3.8, 4) is 0 Å². The van der Waals surface area contributed by atoms with Gasteiger partial charge in [-0.1, -0.05) is 20.3 Å². The largest absolute Gasteiger partial charge is 0.329 e. The van der Waals surface area contributed by atoms with Gasteiger partial charge in [0.25, 0.3) is 0 Å². The van der Waals surface area contributed by atoms with Crippen molar-refractivity contribution in [3.63, 3.8) is 0 Å². The molecule has 0 aromatic carbocycles. The molecular weight excluding hydrogens is 256 g/mol. The van der Waals surface area contributed by atoms with Crippen molar-refractivity contribution in [1.82, 2.24) is 4.90 Å². The average Bonchev–Trinajstić information content (AvgIpc) is 2.49. The number of nitrogens with two attached hydrogens (primary N) is 1. The van der Waals surface area contributed by atoms with Crippen LogP contribution in [0.3, 0.4) is 0 Å². The van der Waals surface area contributed by atoms with E-state index in [0.29, 0.717) is 11.6 Å². The van der Waals surface area contributed by atoms with E-state index < -0.39 is 0 Å². The van der Waals surface area contributed by atoms with Gasteiger partial charge in [-0.2, -0.15) is 0 Å². The summed E-state index contributed by atoms with van der Waals surface area (Å²) in [5.41, 5.74) is 6.86. The predicted molar refractivity (Wildman–Crippen MR) is 90.2 cm³/mol. The standard InChI is InChI=1S/C19H36N2/c1-4-6-7-21(14(3)5-2)19(13-20)17-9-15-8-16(11-17)12-18(19)10-15/h14-18H,4-13,20H2,1-3H3. The fourth-order valence-electron chi connectivity index (χ4n) is 6.31. The van der Waals surface area contributed by atoms with Gasteiger partial charge in [0.1, 0.15) is 0 Å². The molecular formula is C19H36N2. The summed E-state index contributed by atoms with van der Waals surface area (Å²) in [6.07, 6.45) is 11.3. The Labute approximate surface area is 131 Å². The lowest BCUT2D eigenvalue weighted by Crippen LogP contribution is -2.70. The van der Waals surface area contributed by atoms with Crippen LogP contribution in [0.15, 0.2) is 0 Å². The molecule has 0 aliphatic heterocycles. The second kappa shape index (κ2) is 6.20. The summed E-state index contributed by atoms with van der Waals surface area (Å²) < 4.78 is 0. The van der Waals surface area contributed by atoms with Gasteiger partial charge in [0.2, 0.25) is 0 Å². The van der Waals surface area contributed by atoms with Gasteiger partial charge in [0.15, 0.2) is 0 Å². The zero-order valence-electron chi connectivity index (χ0n) is 14.5. The zero-order chi connectivity index (χ0) is 15.0. The fourth-order valence-corrected chi connectivity index (χ4v) is 6.31. The second-order valence-electron chi connectivity index (χ2n) is 8.30. The summed E-state index contributed by atoms with van der Waals surface area (Å²) >= 11 is 0. The van der Waals surface area contributed by atoms with Gasteiger partial charge >= 0.3 is 0 Å². The minimum absolute atomic E-state index is 0.345. The summed E-state index contributed by atoms with van der Waals surface area (Å²) in [7, 11) is 0. The Bertz CT molecular complexity index is 323. The van der Waals surface area contributed by atoms with Crippen LogP contribution in [0.4, 0.5) is 0 Å². The molecule has 122 valence electrons. The maximum Gasteiger partial charge on any atom is 0.0391 e. The van der Waals surface area contributed by atoms with Crippen LogP contribution in [0.1, 0.15) is 72.1 Å². The van der Waals surface area contributed by atoms with E-state index in [1.807, 2.05) is 0 Å². The molecule has 0 amide bonds. The minimum Gasteiger partial charge on any atom is -0.329 e. The van der Waals surface area contributed by atoms with Crippen LogP contribution >= 0.6 is 0 Å². The second-order valence-corrected chi connectivity index (χ2v) is 8.30. The van der Waals surface area contributed by atoms with E-state index in [-0.39, 0.29) is 0 Å².